The van der Waals surface area contributed by atoms with Crippen LogP contribution in [0.5, 0.6) is 11.5 Å². The van der Waals surface area contributed by atoms with Crippen molar-refractivity contribution in [1.82, 2.24) is 0 Å². The Morgan fingerprint density at radius 1 is 1.24 bits per heavy atom. The van der Waals surface area contributed by atoms with Gasteiger partial charge in [0.2, 0.25) is 0 Å². The van der Waals surface area contributed by atoms with E-state index in [4.69, 9.17) is 20.6 Å². The van der Waals surface area contributed by atoms with Crippen LogP contribution in [0, 0.1) is 5.41 Å². The Labute approximate surface area is 121 Å². The fourth-order valence-electron chi connectivity index (χ4n) is 1.94. The molecule has 0 amide bonds. The third kappa shape index (κ3) is 3.05. The average Bonchev–Trinajstić information content (AvgIpc) is 2.51. The lowest BCUT2D eigenvalue weighted by atomic mass is 10.0. The highest BCUT2D eigenvalue weighted by Gasteiger charge is 2.13. The van der Waals surface area contributed by atoms with Gasteiger partial charge in [0.05, 0.1) is 14.2 Å². The van der Waals surface area contributed by atoms with E-state index in [2.05, 4.69) is 4.74 Å². The van der Waals surface area contributed by atoms with Crippen LogP contribution in [0.1, 0.15) is 5.56 Å². The molecule has 21 heavy (non-hydrogen) atoms. The number of rotatable bonds is 5. The van der Waals surface area contributed by atoms with Crippen molar-refractivity contribution in [1.29, 1.82) is 5.41 Å². The highest BCUT2D eigenvalue weighted by Crippen LogP contribution is 2.36. The van der Waals surface area contributed by atoms with Crippen LogP contribution in [0.2, 0.25) is 0 Å². The Hall–Kier alpha value is -2.76. The number of carbonyl (C=O) groups is 1. The Morgan fingerprint density at radius 2 is 1.95 bits per heavy atom. The van der Waals surface area contributed by atoms with E-state index in [1.54, 1.807) is 18.2 Å². The zero-order valence-corrected chi connectivity index (χ0v) is 11.8. The second-order valence-electron chi connectivity index (χ2n) is 4.31. The third-order valence-electron chi connectivity index (χ3n) is 3.03. The number of nitrogens with two attached hydrogens (primary N) is 1. The molecule has 2 aromatic carbocycles. The maximum atomic E-state index is 11.3. The quantitative estimate of drug-likeness (QED) is 0.496. The Morgan fingerprint density at radius 3 is 2.57 bits per heavy atom. The summed E-state index contributed by atoms with van der Waals surface area (Å²) < 4.78 is 15.3. The molecular weight excluding hydrogens is 272 g/mol. The summed E-state index contributed by atoms with van der Waals surface area (Å²) in [5.41, 5.74) is 6.07. The first-order valence-electron chi connectivity index (χ1n) is 6.21. The van der Waals surface area contributed by atoms with Gasteiger partial charge in [0.1, 0.15) is 5.84 Å². The summed E-state index contributed by atoms with van der Waals surface area (Å²) in [7, 11) is 2.81. The smallest absolute Gasteiger partial charge is 0.343 e. The summed E-state index contributed by atoms with van der Waals surface area (Å²) >= 11 is 0. The van der Waals surface area contributed by atoms with Crippen molar-refractivity contribution in [3.8, 4) is 11.5 Å². The lowest BCUT2D eigenvalue weighted by Crippen LogP contribution is -2.13. The zero-order chi connectivity index (χ0) is 15.4. The minimum Gasteiger partial charge on any atom is -0.493 e. The lowest BCUT2D eigenvalue weighted by molar-refractivity contribution is -0.142. The topological polar surface area (TPSA) is 94.6 Å². The van der Waals surface area contributed by atoms with E-state index in [0.717, 1.165) is 5.39 Å². The van der Waals surface area contributed by atoms with Crippen LogP contribution in [0.25, 0.3) is 10.8 Å². The van der Waals surface area contributed by atoms with Gasteiger partial charge in [0.25, 0.3) is 0 Å². The summed E-state index contributed by atoms with van der Waals surface area (Å²) in [5, 5.41) is 9.11. The molecular formula is C15H16N2O4. The van der Waals surface area contributed by atoms with Crippen LogP contribution in [-0.4, -0.2) is 32.6 Å². The fourth-order valence-corrected chi connectivity index (χ4v) is 1.94. The van der Waals surface area contributed by atoms with Crippen molar-refractivity contribution >= 4 is 22.6 Å². The zero-order valence-electron chi connectivity index (χ0n) is 11.8. The van der Waals surface area contributed by atoms with Crippen molar-refractivity contribution in [3.63, 3.8) is 0 Å². The van der Waals surface area contributed by atoms with Crippen LogP contribution >= 0.6 is 0 Å². The van der Waals surface area contributed by atoms with Crippen LogP contribution in [0.4, 0.5) is 0 Å². The number of ether oxygens (including phenoxy) is 3. The second-order valence-corrected chi connectivity index (χ2v) is 4.31. The molecule has 110 valence electrons. The molecule has 0 atom stereocenters. The van der Waals surface area contributed by atoms with Gasteiger partial charge in [-0.2, -0.15) is 0 Å². The molecule has 0 saturated carbocycles. The molecule has 0 bridgehead atoms. The second kappa shape index (κ2) is 6.13. The van der Waals surface area contributed by atoms with E-state index in [0.29, 0.717) is 22.4 Å². The van der Waals surface area contributed by atoms with Gasteiger partial charge >= 0.3 is 5.97 Å². The molecule has 2 aromatic rings. The van der Waals surface area contributed by atoms with Crippen molar-refractivity contribution < 1.29 is 19.0 Å². The SMILES string of the molecule is COC(=O)COc1c(OC)ccc2ccc(C(=N)N)cc12. The van der Waals surface area contributed by atoms with Crippen LogP contribution in [0.15, 0.2) is 30.3 Å². The van der Waals surface area contributed by atoms with Crippen molar-refractivity contribution in [2.75, 3.05) is 20.8 Å². The number of esters is 1. The molecule has 0 saturated heterocycles. The molecule has 0 radical (unpaired) electrons. The number of hydrogen-bond acceptors (Lipinski definition) is 5. The van der Waals surface area contributed by atoms with Crippen molar-refractivity contribution in [2.45, 2.75) is 0 Å². The van der Waals surface area contributed by atoms with Gasteiger partial charge in [-0.15, -0.1) is 0 Å². The van der Waals surface area contributed by atoms with Crippen LogP contribution in [-0.2, 0) is 9.53 Å². The summed E-state index contributed by atoms with van der Waals surface area (Å²) in [6, 6.07) is 8.93. The van der Waals surface area contributed by atoms with E-state index >= 15 is 0 Å². The van der Waals surface area contributed by atoms with Crippen molar-refractivity contribution in [3.05, 3.63) is 35.9 Å². The number of nitrogen functional groups attached to an aromatic ring is 1. The molecule has 3 N–H and O–H groups in total. The molecule has 0 spiro atoms. The Balaban J connectivity index is 2.53. The summed E-state index contributed by atoms with van der Waals surface area (Å²) in [6.07, 6.45) is 0. The molecule has 6 heteroatoms. The molecule has 0 unspecified atom stereocenters. The molecule has 0 aromatic heterocycles. The molecule has 0 aliphatic heterocycles. The number of carbonyl (C=O) groups excluding carboxylic acids is 1. The molecule has 0 aliphatic carbocycles. The number of benzene rings is 2. The number of fused-ring (bicyclic) bond motifs is 1. The van der Waals surface area contributed by atoms with Gasteiger partial charge in [-0.25, -0.2) is 4.79 Å². The normalized spacial score (nSPS) is 10.2. The van der Waals surface area contributed by atoms with Gasteiger partial charge in [-0.1, -0.05) is 18.2 Å². The monoisotopic (exact) mass is 288 g/mol. The number of hydrogen-bond donors (Lipinski definition) is 2. The molecule has 0 fully saturated rings. The lowest BCUT2D eigenvalue weighted by Gasteiger charge is -2.13. The largest absolute Gasteiger partial charge is 0.493 e. The number of nitrogens with one attached hydrogen (secondary N) is 1. The van der Waals surface area contributed by atoms with Gasteiger partial charge in [-0.3, -0.25) is 5.41 Å². The first-order valence-corrected chi connectivity index (χ1v) is 6.21. The molecule has 6 nitrogen and oxygen atoms in total. The predicted molar refractivity (Wildman–Crippen MR) is 79.0 cm³/mol. The minimum absolute atomic E-state index is 0.0429. The van der Waals surface area contributed by atoms with E-state index in [9.17, 15) is 4.79 Å². The van der Waals surface area contributed by atoms with Crippen molar-refractivity contribution in [2.24, 2.45) is 5.73 Å². The van der Waals surface area contributed by atoms with E-state index in [1.165, 1.54) is 14.2 Å². The van der Waals surface area contributed by atoms with Gasteiger partial charge in [0, 0.05) is 10.9 Å². The van der Waals surface area contributed by atoms with E-state index < -0.39 is 5.97 Å². The highest BCUT2D eigenvalue weighted by atomic mass is 16.6. The molecule has 0 heterocycles. The highest BCUT2D eigenvalue weighted by molar-refractivity contribution is 6.01. The fraction of sp³-hybridized carbons (Fsp3) is 0.200. The summed E-state index contributed by atoms with van der Waals surface area (Å²) in [6.45, 7) is -0.226. The van der Waals surface area contributed by atoms with Gasteiger partial charge < -0.3 is 19.9 Å². The summed E-state index contributed by atoms with van der Waals surface area (Å²) in [5.74, 6) is 0.381. The standard InChI is InChI=1S/C15H16N2O4/c1-19-12-6-5-9-3-4-10(15(16)17)7-11(9)14(12)21-8-13(18)20-2/h3-7H,8H2,1-2H3,(H3,16,17). The molecule has 2 rings (SSSR count). The van der Waals surface area contributed by atoms with Crippen LogP contribution < -0.4 is 15.2 Å². The van der Waals surface area contributed by atoms with Crippen LogP contribution in [0.3, 0.4) is 0 Å². The average molecular weight is 288 g/mol. The Kier molecular flexibility index (Phi) is 4.27. The van der Waals surface area contributed by atoms with E-state index in [1.807, 2.05) is 12.1 Å². The minimum atomic E-state index is -0.489. The molecule has 0 aliphatic rings. The maximum absolute atomic E-state index is 11.3. The summed E-state index contributed by atoms with van der Waals surface area (Å²) in [4.78, 5) is 11.3. The first kappa shape index (κ1) is 14.6. The van der Waals surface area contributed by atoms with Gasteiger partial charge in [-0.05, 0) is 17.5 Å². The number of amidine groups is 1. The predicted octanol–water partition coefficient (Wildman–Crippen LogP) is 1.68. The third-order valence-corrected chi connectivity index (χ3v) is 3.03. The number of methoxy groups -OCH3 is 2. The van der Waals surface area contributed by atoms with Gasteiger partial charge in [0.15, 0.2) is 18.1 Å². The van der Waals surface area contributed by atoms with E-state index in [-0.39, 0.29) is 12.4 Å². The first-order chi connectivity index (χ1) is 10.1. The Bertz CT molecular complexity index is 697. The maximum Gasteiger partial charge on any atom is 0.343 e.